The third-order valence-electron chi connectivity index (χ3n) is 6.06. The lowest BCUT2D eigenvalue weighted by Gasteiger charge is -2.22. The molecule has 13 nitrogen and oxygen atoms in total. The number of hydrogen-bond acceptors (Lipinski definition) is 9. The molecule has 4 aromatic rings. The number of nitrogens with zero attached hydrogens (tertiary/aromatic N) is 3. The van der Waals surface area contributed by atoms with Gasteiger partial charge in [-0.3, -0.25) is 19.4 Å². The highest BCUT2D eigenvalue weighted by Gasteiger charge is 2.44. The number of ether oxygens (including phenoxy) is 1. The van der Waals surface area contributed by atoms with Gasteiger partial charge in [0, 0.05) is 29.4 Å². The van der Waals surface area contributed by atoms with Gasteiger partial charge in [0.15, 0.2) is 0 Å². The lowest BCUT2D eigenvalue weighted by molar-refractivity contribution is -0.782. The van der Waals surface area contributed by atoms with Gasteiger partial charge in [-0.1, -0.05) is 18.2 Å². The molecular formula is C24H21N5O8S. The second-order valence-corrected chi connectivity index (χ2v) is 10.4. The first-order valence-corrected chi connectivity index (χ1v) is 12.8. The number of aromatic nitrogens is 2. The molecule has 14 heteroatoms. The van der Waals surface area contributed by atoms with Gasteiger partial charge in [-0.25, -0.2) is 13.9 Å². The van der Waals surface area contributed by atoms with Crippen LogP contribution in [0.3, 0.4) is 0 Å². The number of hydroxylamine groups is 1. The summed E-state index contributed by atoms with van der Waals surface area (Å²) in [7, 11) is -4.20. The van der Waals surface area contributed by atoms with E-state index >= 15 is 0 Å². The van der Waals surface area contributed by atoms with E-state index in [2.05, 4.69) is 15.1 Å². The van der Waals surface area contributed by atoms with Crippen LogP contribution in [0.1, 0.15) is 16.8 Å². The molecule has 1 saturated heterocycles. The Balaban J connectivity index is 1.34. The molecule has 2 atom stereocenters. The fraction of sp³-hybridized carbons (Fsp3) is 0.167. The Kier molecular flexibility index (Phi) is 6.67. The number of carbonyl (C=O) groups is 2. The van der Waals surface area contributed by atoms with Crippen LogP contribution in [0.2, 0.25) is 0 Å². The zero-order chi connectivity index (χ0) is 26.9. The molecule has 0 aliphatic carbocycles. The van der Waals surface area contributed by atoms with Crippen LogP contribution in [0.25, 0.3) is 11.0 Å². The summed E-state index contributed by atoms with van der Waals surface area (Å²) in [6.45, 7) is -0.231. The quantitative estimate of drug-likeness (QED) is 0.177. The summed E-state index contributed by atoms with van der Waals surface area (Å²) in [4.78, 5) is 25.3. The number of sulfonamides is 1. The van der Waals surface area contributed by atoms with Gasteiger partial charge in [-0.2, -0.15) is 4.31 Å². The number of carbonyl (C=O) groups excluding carboxylic acids is 2. The molecule has 0 spiro atoms. The van der Waals surface area contributed by atoms with Crippen molar-refractivity contribution in [2.45, 2.75) is 23.4 Å². The van der Waals surface area contributed by atoms with Crippen LogP contribution in [0.5, 0.6) is 11.5 Å². The van der Waals surface area contributed by atoms with E-state index < -0.39 is 33.9 Å². The number of amides is 2. The fourth-order valence-corrected chi connectivity index (χ4v) is 5.85. The Bertz CT molecular complexity index is 1590. The molecule has 1 aliphatic heterocycles. The topological polar surface area (TPSA) is 178 Å². The molecule has 0 radical (unpaired) electrons. The van der Waals surface area contributed by atoms with Gasteiger partial charge in [-0.05, 0) is 59.9 Å². The van der Waals surface area contributed by atoms with Crippen molar-refractivity contribution in [1.82, 2.24) is 20.3 Å². The molecule has 0 saturated carbocycles. The summed E-state index contributed by atoms with van der Waals surface area (Å²) in [5, 5.41) is 27.1. The van der Waals surface area contributed by atoms with Crippen molar-refractivity contribution in [3.8, 4) is 11.5 Å². The van der Waals surface area contributed by atoms with E-state index in [9.17, 15) is 28.4 Å². The monoisotopic (exact) mass is 539 g/mol. The van der Waals surface area contributed by atoms with Crippen LogP contribution < -0.4 is 20.4 Å². The minimum Gasteiger partial charge on any atom is -0.457 e. The number of rotatable bonds is 7. The standard InChI is InChI=1S/C24H21N5O8S/c30-23(15-6-11-20-21(12-15)29(33)37-27-20)25-16-13-22(24(31)26-32)28(14-16)38(34,35)19-9-7-18(8-10-19)36-17-4-2-1-3-5-17/h1-12,16,22,32H,13-14H2,(H,25,30)(H,26,31)/t16-,22-/m0/s1. The Morgan fingerprint density at radius 1 is 1.08 bits per heavy atom. The molecule has 2 heterocycles. The zero-order valence-corrected chi connectivity index (χ0v) is 20.4. The molecule has 1 aromatic heterocycles. The predicted molar refractivity (Wildman–Crippen MR) is 129 cm³/mol. The van der Waals surface area contributed by atoms with Gasteiger partial charge in [0.05, 0.1) is 4.90 Å². The minimum absolute atomic E-state index is 0.0468. The van der Waals surface area contributed by atoms with Crippen molar-refractivity contribution < 1.29 is 37.5 Å². The lowest BCUT2D eigenvalue weighted by Crippen LogP contribution is -2.45. The second-order valence-electron chi connectivity index (χ2n) is 8.49. The van der Waals surface area contributed by atoms with E-state index in [1.165, 1.54) is 47.9 Å². The molecule has 1 fully saturated rings. The third-order valence-corrected chi connectivity index (χ3v) is 7.95. The summed E-state index contributed by atoms with van der Waals surface area (Å²) < 4.78 is 38.0. The van der Waals surface area contributed by atoms with Crippen molar-refractivity contribution in [3.63, 3.8) is 0 Å². The van der Waals surface area contributed by atoms with E-state index in [0.29, 0.717) is 11.5 Å². The maximum absolute atomic E-state index is 13.4. The smallest absolute Gasteiger partial charge is 0.261 e. The predicted octanol–water partition coefficient (Wildman–Crippen LogP) is 1.32. The van der Waals surface area contributed by atoms with Crippen LogP contribution >= 0.6 is 0 Å². The Hall–Kier alpha value is -4.53. The van der Waals surface area contributed by atoms with Gasteiger partial charge < -0.3 is 15.3 Å². The normalized spacial score (nSPS) is 17.8. The molecular weight excluding hydrogens is 518 g/mol. The summed E-state index contributed by atoms with van der Waals surface area (Å²) in [6, 6.07) is 16.7. The van der Waals surface area contributed by atoms with Gasteiger partial charge in [-0.15, -0.1) is 0 Å². The van der Waals surface area contributed by atoms with Crippen LogP contribution in [-0.4, -0.2) is 53.5 Å². The number of fused-ring (bicyclic) bond motifs is 1. The van der Waals surface area contributed by atoms with Crippen molar-refractivity contribution in [2.24, 2.45) is 0 Å². The van der Waals surface area contributed by atoms with Crippen LogP contribution in [-0.2, 0) is 14.8 Å². The van der Waals surface area contributed by atoms with Crippen LogP contribution in [0, 0.1) is 5.21 Å². The molecule has 5 rings (SSSR count). The lowest BCUT2D eigenvalue weighted by atomic mass is 10.1. The van der Waals surface area contributed by atoms with E-state index in [-0.39, 0.29) is 39.4 Å². The van der Waals surface area contributed by atoms with Gasteiger partial charge in [0.2, 0.25) is 21.1 Å². The SMILES string of the molecule is O=C(N[C@H]1C[C@@H](C(=O)NO)N(S(=O)(=O)c2ccc(Oc3ccccc3)cc2)C1)c1ccc2no[n+]([O-])c2c1. The van der Waals surface area contributed by atoms with E-state index in [1.54, 1.807) is 24.3 Å². The summed E-state index contributed by atoms with van der Waals surface area (Å²) in [6.07, 6.45) is -0.0936. The second kappa shape index (κ2) is 10.1. The van der Waals surface area contributed by atoms with Crippen molar-refractivity contribution in [3.05, 3.63) is 83.6 Å². The Morgan fingerprint density at radius 2 is 1.79 bits per heavy atom. The fourth-order valence-electron chi connectivity index (χ4n) is 4.21. The molecule has 0 bridgehead atoms. The van der Waals surface area contributed by atoms with Gasteiger partial charge >= 0.3 is 0 Å². The highest BCUT2D eigenvalue weighted by Crippen LogP contribution is 2.29. The largest absolute Gasteiger partial charge is 0.457 e. The Labute approximate surface area is 215 Å². The van der Waals surface area contributed by atoms with E-state index in [1.807, 2.05) is 6.07 Å². The number of hydrogen-bond donors (Lipinski definition) is 3. The first-order valence-electron chi connectivity index (χ1n) is 11.4. The number of para-hydroxylation sites is 1. The molecule has 196 valence electrons. The Morgan fingerprint density at radius 3 is 2.50 bits per heavy atom. The molecule has 3 N–H and O–H groups in total. The van der Waals surface area contributed by atoms with E-state index in [4.69, 9.17) is 4.74 Å². The maximum atomic E-state index is 13.4. The zero-order valence-electron chi connectivity index (χ0n) is 19.6. The minimum atomic E-state index is -4.20. The number of nitrogens with one attached hydrogen (secondary N) is 2. The van der Waals surface area contributed by atoms with Crippen molar-refractivity contribution in [2.75, 3.05) is 6.54 Å². The molecule has 2 amide bonds. The summed E-state index contributed by atoms with van der Waals surface area (Å²) in [5.41, 5.74) is 1.91. The summed E-state index contributed by atoms with van der Waals surface area (Å²) >= 11 is 0. The highest BCUT2D eigenvalue weighted by molar-refractivity contribution is 7.89. The maximum Gasteiger partial charge on any atom is 0.261 e. The molecule has 3 aromatic carbocycles. The van der Waals surface area contributed by atoms with Crippen LogP contribution in [0.15, 0.2) is 82.3 Å². The van der Waals surface area contributed by atoms with Gasteiger partial charge in [0.1, 0.15) is 17.5 Å². The molecule has 38 heavy (non-hydrogen) atoms. The van der Waals surface area contributed by atoms with Gasteiger partial charge in [0.25, 0.3) is 11.8 Å². The van der Waals surface area contributed by atoms with Crippen molar-refractivity contribution >= 4 is 32.9 Å². The average molecular weight is 540 g/mol. The van der Waals surface area contributed by atoms with E-state index in [0.717, 1.165) is 4.31 Å². The van der Waals surface area contributed by atoms with Crippen LogP contribution in [0.4, 0.5) is 0 Å². The summed E-state index contributed by atoms with van der Waals surface area (Å²) in [5.74, 6) is -0.541. The first kappa shape index (κ1) is 25.1. The third kappa shape index (κ3) is 4.87. The van der Waals surface area contributed by atoms with Crippen molar-refractivity contribution in [1.29, 1.82) is 0 Å². The number of benzene rings is 3. The average Bonchev–Trinajstić information content (AvgIpc) is 3.53. The molecule has 1 aliphatic rings. The first-order chi connectivity index (χ1) is 18.3. The highest BCUT2D eigenvalue weighted by atomic mass is 32.2. The molecule has 0 unspecified atom stereocenters.